The van der Waals surface area contributed by atoms with E-state index in [2.05, 4.69) is 25.6 Å². The van der Waals surface area contributed by atoms with Gasteiger partial charge >= 0.3 is 0 Å². The number of benzene rings is 1. The van der Waals surface area contributed by atoms with Crippen molar-refractivity contribution in [1.29, 1.82) is 0 Å². The number of nitrogen functional groups attached to an aromatic ring is 2. The first-order valence-electron chi connectivity index (χ1n) is 11.3. The van der Waals surface area contributed by atoms with E-state index in [0.29, 0.717) is 6.54 Å². The Labute approximate surface area is 213 Å². The maximum Gasteiger partial charge on any atom is 0.280 e. The van der Waals surface area contributed by atoms with Crippen molar-refractivity contribution < 1.29 is 24.9 Å². The standard InChI is InChI=1S/C22H33ClN8O5/c23-18-20(25)30-19(24)17(29-18)21(35)31-22(26)27-8-2-1-3-13-4-6-14(7-5-13)28-9-15(33)11-36-12-16(34)10-32/h4-7,15-16,28,32-34H,1-3,8-12H2,(H4,24,25,30)(H3,26,27,31,35)/t15-,16+/m0/s1. The van der Waals surface area contributed by atoms with Gasteiger partial charge in [0.2, 0.25) is 0 Å². The monoisotopic (exact) mass is 524 g/mol. The minimum Gasteiger partial charge on any atom is -0.394 e. The Balaban J connectivity index is 1.66. The van der Waals surface area contributed by atoms with Gasteiger partial charge in [-0.25, -0.2) is 9.97 Å². The molecule has 0 radical (unpaired) electrons. The SMILES string of the molecule is NC(=NCCCCc1ccc(NC[C@H](O)COC[C@H](O)CO)cc1)NC(=O)c1nc(Cl)c(N)nc1N. The summed E-state index contributed by atoms with van der Waals surface area (Å²) >= 11 is 5.77. The number of unbranched alkanes of at least 4 members (excludes halogenated alkanes) is 1. The molecular formula is C22H33ClN8O5. The molecule has 36 heavy (non-hydrogen) atoms. The lowest BCUT2D eigenvalue weighted by molar-refractivity contribution is -0.0212. The molecule has 13 nitrogen and oxygen atoms in total. The van der Waals surface area contributed by atoms with Crippen LogP contribution in [0.15, 0.2) is 29.3 Å². The molecule has 1 aromatic carbocycles. The number of aliphatic imine (C=N–C) groups is 1. The van der Waals surface area contributed by atoms with Gasteiger partial charge < -0.3 is 42.6 Å². The van der Waals surface area contributed by atoms with Crippen molar-refractivity contribution in [1.82, 2.24) is 15.3 Å². The lowest BCUT2D eigenvalue weighted by atomic mass is 10.1. The van der Waals surface area contributed by atoms with Crippen LogP contribution in [0.5, 0.6) is 0 Å². The maximum absolute atomic E-state index is 12.2. The number of nitrogens with zero attached hydrogens (tertiary/aromatic N) is 3. The van der Waals surface area contributed by atoms with Crippen molar-refractivity contribution in [3.05, 3.63) is 40.7 Å². The van der Waals surface area contributed by atoms with Crippen LogP contribution in [0.4, 0.5) is 17.3 Å². The van der Waals surface area contributed by atoms with Crippen LogP contribution < -0.4 is 27.8 Å². The molecule has 2 aromatic rings. The van der Waals surface area contributed by atoms with Crippen molar-refractivity contribution >= 4 is 40.8 Å². The summed E-state index contributed by atoms with van der Waals surface area (Å²) in [7, 11) is 0. The van der Waals surface area contributed by atoms with Gasteiger partial charge in [0, 0.05) is 18.8 Å². The molecule has 0 aliphatic rings. The number of hydrogen-bond donors (Lipinski definition) is 8. The highest BCUT2D eigenvalue weighted by molar-refractivity contribution is 6.31. The Morgan fingerprint density at radius 1 is 1.08 bits per heavy atom. The molecule has 2 rings (SSSR count). The molecule has 198 valence electrons. The number of aliphatic hydroxyl groups is 3. The lowest BCUT2D eigenvalue weighted by Crippen LogP contribution is -2.38. The second kappa shape index (κ2) is 15.0. The Morgan fingerprint density at radius 3 is 2.47 bits per heavy atom. The van der Waals surface area contributed by atoms with Gasteiger partial charge in [-0.2, -0.15) is 0 Å². The molecule has 0 aliphatic carbocycles. The van der Waals surface area contributed by atoms with E-state index in [-0.39, 0.29) is 54.8 Å². The summed E-state index contributed by atoms with van der Waals surface area (Å²) < 4.78 is 5.13. The molecule has 11 N–H and O–H groups in total. The number of aromatic nitrogens is 2. The first kappa shape index (κ1) is 29.0. The molecule has 1 amide bonds. The van der Waals surface area contributed by atoms with Crippen LogP contribution in [0.3, 0.4) is 0 Å². The van der Waals surface area contributed by atoms with Crippen molar-refractivity contribution in [3.8, 4) is 0 Å². The van der Waals surface area contributed by atoms with E-state index in [1.54, 1.807) is 0 Å². The van der Waals surface area contributed by atoms with E-state index in [4.69, 9.17) is 38.6 Å². The Hall–Kier alpha value is -3.23. The molecule has 1 aromatic heterocycles. The third kappa shape index (κ3) is 10.2. The van der Waals surface area contributed by atoms with E-state index in [1.807, 2.05) is 24.3 Å². The minimum atomic E-state index is -0.946. The normalized spacial score (nSPS) is 13.3. The number of amides is 1. The summed E-state index contributed by atoms with van der Waals surface area (Å²) in [6, 6.07) is 7.82. The van der Waals surface area contributed by atoms with E-state index in [0.717, 1.165) is 30.5 Å². The van der Waals surface area contributed by atoms with Gasteiger partial charge in [-0.05, 0) is 37.0 Å². The summed E-state index contributed by atoms with van der Waals surface area (Å²) in [5.41, 5.74) is 18.7. The molecule has 0 saturated heterocycles. The van der Waals surface area contributed by atoms with E-state index in [9.17, 15) is 15.0 Å². The molecule has 0 saturated carbocycles. The van der Waals surface area contributed by atoms with Gasteiger partial charge in [-0.3, -0.25) is 15.1 Å². The quantitative estimate of drug-likeness (QED) is 0.0892. The van der Waals surface area contributed by atoms with Crippen molar-refractivity contribution in [2.24, 2.45) is 10.7 Å². The van der Waals surface area contributed by atoms with E-state index < -0.39 is 18.1 Å². The fourth-order valence-electron chi connectivity index (χ4n) is 2.94. The molecule has 2 atom stereocenters. The Kier molecular flexibility index (Phi) is 12.1. The molecule has 0 fully saturated rings. The molecule has 1 heterocycles. The fourth-order valence-corrected chi connectivity index (χ4v) is 3.07. The number of aryl methyl sites for hydroxylation is 1. The zero-order valence-corrected chi connectivity index (χ0v) is 20.5. The number of anilines is 3. The predicted molar refractivity (Wildman–Crippen MR) is 138 cm³/mol. The molecule has 14 heteroatoms. The van der Waals surface area contributed by atoms with Gasteiger partial charge in [-0.15, -0.1) is 0 Å². The predicted octanol–water partition coefficient (Wildman–Crippen LogP) is -0.496. The topological polar surface area (TPSA) is 227 Å². The van der Waals surface area contributed by atoms with Crippen LogP contribution in [0.2, 0.25) is 5.15 Å². The number of ether oxygens (including phenoxy) is 1. The van der Waals surface area contributed by atoms with Gasteiger partial charge in [0.15, 0.2) is 28.4 Å². The Bertz CT molecular complexity index is 1010. The minimum absolute atomic E-state index is 0.0297. The maximum atomic E-state index is 12.2. The molecular weight excluding hydrogens is 492 g/mol. The summed E-state index contributed by atoms with van der Waals surface area (Å²) in [6.07, 6.45) is 0.756. The number of nitrogens with two attached hydrogens (primary N) is 3. The summed E-state index contributed by atoms with van der Waals surface area (Å²) in [4.78, 5) is 23.9. The number of rotatable bonds is 14. The second-order valence-electron chi connectivity index (χ2n) is 7.92. The third-order valence-corrected chi connectivity index (χ3v) is 5.12. The molecule has 0 bridgehead atoms. The summed E-state index contributed by atoms with van der Waals surface area (Å²) in [5.74, 6) is -0.988. The molecule has 0 aliphatic heterocycles. The van der Waals surface area contributed by atoms with Gasteiger partial charge in [0.1, 0.15) is 6.10 Å². The zero-order chi connectivity index (χ0) is 26.5. The van der Waals surface area contributed by atoms with E-state index in [1.165, 1.54) is 0 Å². The van der Waals surface area contributed by atoms with Crippen molar-refractivity contribution in [2.45, 2.75) is 31.5 Å². The smallest absolute Gasteiger partial charge is 0.280 e. The number of aliphatic hydroxyl groups excluding tert-OH is 3. The number of carbonyl (C=O) groups excluding carboxylic acids is 1. The van der Waals surface area contributed by atoms with Crippen LogP contribution in [-0.2, 0) is 11.2 Å². The van der Waals surface area contributed by atoms with Crippen LogP contribution in [0.25, 0.3) is 0 Å². The highest BCUT2D eigenvalue weighted by Crippen LogP contribution is 2.17. The number of halogens is 1. The largest absolute Gasteiger partial charge is 0.394 e. The van der Waals surface area contributed by atoms with Crippen molar-refractivity contribution in [2.75, 3.05) is 49.7 Å². The van der Waals surface area contributed by atoms with Crippen LogP contribution in [-0.4, -0.2) is 82.3 Å². The summed E-state index contributed by atoms with van der Waals surface area (Å²) in [6.45, 7) is 0.349. The number of carbonyl (C=O) groups is 1. The highest BCUT2D eigenvalue weighted by atomic mass is 35.5. The number of guanidine groups is 1. The van der Waals surface area contributed by atoms with Crippen molar-refractivity contribution in [3.63, 3.8) is 0 Å². The molecule has 0 spiro atoms. The number of hydrogen-bond acceptors (Lipinski definition) is 11. The highest BCUT2D eigenvalue weighted by Gasteiger charge is 2.16. The van der Waals surface area contributed by atoms with Crippen LogP contribution >= 0.6 is 11.6 Å². The average Bonchev–Trinajstić information content (AvgIpc) is 2.85. The lowest BCUT2D eigenvalue weighted by Gasteiger charge is -2.14. The van der Waals surface area contributed by atoms with Crippen LogP contribution in [0, 0.1) is 0 Å². The van der Waals surface area contributed by atoms with E-state index >= 15 is 0 Å². The van der Waals surface area contributed by atoms with Gasteiger partial charge in [0.25, 0.3) is 5.91 Å². The summed E-state index contributed by atoms with van der Waals surface area (Å²) in [5, 5.41) is 33.2. The average molecular weight is 525 g/mol. The van der Waals surface area contributed by atoms with Gasteiger partial charge in [0.05, 0.1) is 25.9 Å². The fraction of sp³-hybridized carbons (Fsp3) is 0.455. The Morgan fingerprint density at radius 2 is 1.78 bits per heavy atom. The second-order valence-corrected chi connectivity index (χ2v) is 8.28. The zero-order valence-electron chi connectivity index (χ0n) is 19.7. The number of nitrogens with one attached hydrogen (secondary N) is 2. The van der Waals surface area contributed by atoms with Crippen LogP contribution in [0.1, 0.15) is 28.9 Å². The van der Waals surface area contributed by atoms with Gasteiger partial charge in [-0.1, -0.05) is 23.7 Å². The third-order valence-electron chi connectivity index (χ3n) is 4.84. The first-order valence-corrected chi connectivity index (χ1v) is 11.6. The first-order chi connectivity index (χ1) is 17.2. The molecule has 0 unspecified atom stereocenters.